The van der Waals surface area contributed by atoms with Gasteiger partial charge in [-0.25, -0.2) is 4.39 Å². The third kappa shape index (κ3) is 3.54. The van der Waals surface area contributed by atoms with E-state index in [1.165, 1.54) is 6.07 Å². The fraction of sp³-hybridized carbons (Fsp3) is 0.571. The number of nitrogens with one attached hydrogen (secondary N) is 1. The highest BCUT2D eigenvalue weighted by Gasteiger charge is 2.22. The van der Waals surface area contributed by atoms with Gasteiger partial charge in [0.1, 0.15) is 11.6 Å². The summed E-state index contributed by atoms with van der Waals surface area (Å²) in [6, 6.07) is 5.05. The van der Waals surface area contributed by atoms with E-state index in [9.17, 15) is 8.60 Å². The van der Waals surface area contributed by atoms with Crippen molar-refractivity contribution < 1.29 is 13.3 Å². The summed E-state index contributed by atoms with van der Waals surface area (Å²) >= 11 is 0. The summed E-state index contributed by atoms with van der Waals surface area (Å²) in [5.41, 5.74) is 0.566. The molecule has 1 aromatic rings. The first-order valence-corrected chi connectivity index (χ1v) is 8.04. The number of methoxy groups -OCH3 is 1. The van der Waals surface area contributed by atoms with Gasteiger partial charge in [0, 0.05) is 40.0 Å². The normalized spacial score (nSPS) is 25.0. The van der Waals surface area contributed by atoms with Crippen molar-refractivity contribution in [1.29, 1.82) is 0 Å². The molecule has 0 aliphatic carbocycles. The molecule has 0 spiro atoms. The number of hydrogen-bond donors (Lipinski definition) is 1. The van der Waals surface area contributed by atoms with Gasteiger partial charge in [-0.15, -0.1) is 0 Å². The predicted molar refractivity (Wildman–Crippen MR) is 75.4 cm³/mol. The smallest absolute Gasteiger partial charge is 0.131 e. The minimum Gasteiger partial charge on any atom is -0.496 e. The summed E-state index contributed by atoms with van der Waals surface area (Å²) in [4.78, 5) is 0. The van der Waals surface area contributed by atoms with E-state index in [0.29, 0.717) is 17.4 Å². The third-order valence-corrected chi connectivity index (χ3v) is 4.92. The molecule has 1 aliphatic heterocycles. The van der Waals surface area contributed by atoms with Crippen molar-refractivity contribution in [3.63, 3.8) is 0 Å². The molecule has 1 N–H and O–H groups in total. The van der Waals surface area contributed by atoms with Crippen LogP contribution >= 0.6 is 0 Å². The second kappa shape index (κ2) is 6.48. The molecule has 0 aromatic heterocycles. The number of benzene rings is 1. The van der Waals surface area contributed by atoms with Crippen LogP contribution in [0.4, 0.5) is 4.39 Å². The molecule has 106 valence electrons. The van der Waals surface area contributed by atoms with Gasteiger partial charge in [-0.2, -0.15) is 0 Å². The van der Waals surface area contributed by atoms with Crippen LogP contribution in [-0.4, -0.2) is 28.9 Å². The third-order valence-electron chi connectivity index (χ3n) is 3.54. The molecular weight excluding hydrogens is 265 g/mol. The van der Waals surface area contributed by atoms with Crippen LogP contribution < -0.4 is 10.1 Å². The first-order valence-electron chi connectivity index (χ1n) is 6.55. The maximum Gasteiger partial charge on any atom is 0.131 e. The molecule has 1 saturated heterocycles. The van der Waals surface area contributed by atoms with Gasteiger partial charge >= 0.3 is 0 Å². The van der Waals surface area contributed by atoms with Gasteiger partial charge in [-0.3, -0.25) is 4.21 Å². The Balaban J connectivity index is 2.07. The quantitative estimate of drug-likeness (QED) is 0.923. The van der Waals surface area contributed by atoms with Crippen molar-refractivity contribution in [3.05, 3.63) is 29.6 Å². The lowest BCUT2D eigenvalue weighted by Crippen LogP contribution is -2.37. The molecule has 1 aliphatic rings. The average molecular weight is 285 g/mol. The maximum absolute atomic E-state index is 13.9. The molecule has 19 heavy (non-hydrogen) atoms. The minimum absolute atomic E-state index is 0.118. The van der Waals surface area contributed by atoms with Crippen molar-refractivity contribution in [1.82, 2.24) is 5.32 Å². The molecule has 0 bridgehead atoms. The average Bonchev–Trinajstić information content (AvgIpc) is 2.40. The Kier molecular flexibility index (Phi) is 4.93. The van der Waals surface area contributed by atoms with E-state index in [0.717, 1.165) is 24.3 Å². The fourth-order valence-corrected chi connectivity index (χ4v) is 3.81. The van der Waals surface area contributed by atoms with Gasteiger partial charge in [0.2, 0.25) is 0 Å². The van der Waals surface area contributed by atoms with E-state index >= 15 is 0 Å². The Bertz CT molecular complexity index is 457. The summed E-state index contributed by atoms with van der Waals surface area (Å²) in [6.07, 6.45) is 1.77. The molecule has 1 aromatic carbocycles. The van der Waals surface area contributed by atoms with Crippen LogP contribution in [0.25, 0.3) is 0 Å². The topological polar surface area (TPSA) is 38.3 Å². The van der Waals surface area contributed by atoms with Crippen LogP contribution in [0.5, 0.6) is 5.75 Å². The van der Waals surface area contributed by atoms with Crippen LogP contribution in [0.15, 0.2) is 18.2 Å². The van der Waals surface area contributed by atoms with Crippen LogP contribution in [0.1, 0.15) is 31.4 Å². The van der Waals surface area contributed by atoms with E-state index in [2.05, 4.69) is 5.32 Å². The first kappa shape index (κ1) is 14.5. The van der Waals surface area contributed by atoms with E-state index in [1.807, 2.05) is 6.92 Å². The highest BCUT2D eigenvalue weighted by Crippen LogP contribution is 2.28. The van der Waals surface area contributed by atoms with Gasteiger partial charge in [-0.05, 0) is 31.9 Å². The second-order valence-corrected chi connectivity index (χ2v) is 6.56. The molecule has 1 heterocycles. The molecule has 1 fully saturated rings. The summed E-state index contributed by atoms with van der Waals surface area (Å²) in [6.45, 7) is 1.94. The Morgan fingerprint density at radius 3 is 2.74 bits per heavy atom. The molecule has 5 heteroatoms. The SMILES string of the molecule is COc1cccc(F)c1C(C)NC1CCS(=O)CC1. The van der Waals surface area contributed by atoms with Crippen molar-refractivity contribution in [2.75, 3.05) is 18.6 Å². The molecule has 1 unspecified atom stereocenters. The van der Waals surface area contributed by atoms with Gasteiger partial charge < -0.3 is 10.1 Å². The summed E-state index contributed by atoms with van der Waals surface area (Å²) in [5, 5.41) is 3.42. The van der Waals surface area contributed by atoms with E-state index in [-0.39, 0.29) is 11.9 Å². The standard InChI is InChI=1S/C14H20FNO2S/c1-10(16-11-6-8-19(17)9-7-11)14-12(15)4-3-5-13(14)18-2/h3-5,10-11,16H,6-9H2,1-2H3. The van der Waals surface area contributed by atoms with E-state index in [1.54, 1.807) is 19.2 Å². The first-order chi connectivity index (χ1) is 9.11. The number of rotatable bonds is 4. The molecule has 1 atom stereocenters. The summed E-state index contributed by atoms with van der Waals surface area (Å²) in [5.74, 6) is 1.79. The van der Waals surface area contributed by atoms with Crippen molar-refractivity contribution in [2.24, 2.45) is 0 Å². The Hall–Kier alpha value is -0.940. The lowest BCUT2D eigenvalue weighted by Gasteiger charge is -2.27. The molecule has 0 radical (unpaired) electrons. The molecule has 0 saturated carbocycles. The zero-order valence-electron chi connectivity index (χ0n) is 11.3. The van der Waals surface area contributed by atoms with Gasteiger partial charge in [-0.1, -0.05) is 6.07 Å². The maximum atomic E-state index is 13.9. The van der Waals surface area contributed by atoms with E-state index in [4.69, 9.17) is 4.74 Å². The van der Waals surface area contributed by atoms with Crippen LogP contribution in [0.3, 0.4) is 0 Å². The Morgan fingerprint density at radius 1 is 1.42 bits per heavy atom. The van der Waals surface area contributed by atoms with Crippen LogP contribution in [-0.2, 0) is 10.8 Å². The van der Waals surface area contributed by atoms with Gasteiger partial charge in [0.05, 0.1) is 7.11 Å². The monoisotopic (exact) mass is 285 g/mol. The number of ether oxygens (including phenoxy) is 1. The second-order valence-electron chi connectivity index (χ2n) is 4.87. The summed E-state index contributed by atoms with van der Waals surface area (Å²) in [7, 11) is 0.881. The van der Waals surface area contributed by atoms with Crippen molar-refractivity contribution in [3.8, 4) is 5.75 Å². The zero-order chi connectivity index (χ0) is 13.8. The van der Waals surface area contributed by atoms with Crippen LogP contribution in [0.2, 0.25) is 0 Å². The van der Waals surface area contributed by atoms with Crippen LogP contribution in [0, 0.1) is 5.82 Å². The van der Waals surface area contributed by atoms with Crippen molar-refractivity contribution in [2.45, 2.75) is 31.8 Å². The predicted octanol–water partition coefficient (Wildman–Crippen LogP) is 2.40. The minimum atomic E-state index is -0.669. The lowest BCUT2D eigenvalue weighted by atomic mass is 10.0. The van der Waals surface area contributed by atoms with Gasteiger partial charge in [0.15, 0.2) is 0 Å². The number of hydrogen-bond acceptors (Lipinski definition) is 3. The number of halogens is 1. The largest absolute Gasteiger partial charge is 0.496 e. The summed E-state index contributed by atoms with van der Waals surface area (Å²) < 4.78 is 30.5. The fourth-order valence-electron chi connectivity index (χ4n) is 2.51. The zero-order valence-corrected chi connectivity index (χ0v) is 12.1. The Morgan fingerprint density at radius 2 is 2.11 bits per heavy atom. The Labute approximate surface area is 116 Å². The molecular formula is C14H20FNO2S. The molecule has 2 rings (SSSR count). The molecule has 0 amide bonds. The van der Waals surface area contributed by atoms with E-state index < -0.39 is 10.8 Å². The van der Waals surface area contributed by atoms with Gasteiger partial charge in [0.25, 0.3) is 0 Å². The highest BCUT2D eigenvalue weighted by atomic mass is 32.2. The van der Waals surface area contributed by atoms with Crippen molar-refractivity contribution >= 4 is 10.8 Å². The lowest BCUT2D eigenvalue weighted by molar-refractivity contribution is 0.376. The molecule has 3 nitrogen and oxygen atoms in total. The highest BCUT2D eigenvalue weighted by molar-refractivity contribution is 7.85.